The largest absolute Gasteiger partial charge is 0.390 e. The molecule has 0 heterocycles. The number of hydrogen-bond acceptors (Lipinski definition) is 2. The van der Waals surface area contributed by atoms with E-state index < -0.39 is 5.60 Å². The van der Waals surface area contributed by atoms with Gasteiger partial charge in [-0.2, -0.15) is 0 Å². The van der Waals surface area contributed by atoms with Gasteiger partial charge in [-0.25, -0.2) is 0 Å². The number of aliphatic hydroxyl groups is 1. The van der Waals surface area contributed by atoms with Crippen LogP contribution in [0.2, 0.25) is 0 Å². The van der Waals surface area contributed by atoms with Crippen LogP contribution >= 0.6 is 0 Å². The second-order valence-electron chi connectivity index (χ2n) is 4.51. The van der Waals surface area contributed by atoms with Crippen LogP contribution in [-0.4, -0.2) is 16.5 Å². The van der Waals surface area contributed by atoms with Crippen LogP contribution in [0, 0.1) is 0 Å². The lowest BCUT2D eigenvalue weighted by molar-refractivity contribution is -0.118. The molecular formula is C12H24O2. The Kier molecular flexibility index (Phi) is 6.81. The fourth-order valence-corrected chi connectivity index (χ4v) is 1.50. The van der Waals surface area contributed by atoms with Crippen molar-refractivity contribution < 1.29 is 9.90 Å². The highest BCUT2D eigenvalue weighted by Gasteiger charge is 2.19. The summed E-state index contributed by atoms with van der Waals surface area (Å²) in [6, 6.07) is 0. The Balaban J connectivity index is 3.55. The van der Waals surface area contributed by atoms with Crippen molar-refractivity contribution in [3.05, 3.63) is 0 Å². The van der Waals surface area contributed by atoms with Crippen LogP contribution in [0.25, 0.3) is 0 Å². The van der Waals surface area contributed by atoms with Gasteiger partial charge < -0.3 is 9.90 Å². The zero-order valence-electron chi connectivity index (χ0n) is 9.81. The number of rotatable bonds is 8. The molecule has 0 aromatic carbocycles. The van der Waals surface area contributed by atoms with Crippen molar-refractivity contribution in [1.29, 1.82) is 0 Å². The van der Waals surface area contributed by atoms with Crippen LogP contribution < -0.4 is 0 Å². The van der Waals surface area contributed by atoms with Gasteiger partial charge >= 0.3 is 0 Å². The van der Waals surface area contributed by atoms with Crippen LogP contribution in [0.1, 0.15) is 65.7 Å². The number of carbonyl (C=O) groups excluding carboxylic acids is 1. The lowest BCUT2D eigenvalue weighted by Gasteiger charge is -2.22. The highest BCUT2D eigenvalue weighted by molar-refractivity contribution is 5.75. The summed E-state index contributed by atoms with van der Waals surface area (Å²) in [5.74, 6) is 0.166. The molecule has 2 heteroatoms. The van der Waals surface area contributed by atoms with Crippen molar-refractivity contribution in [2.75, 3.05) is 0 Å². The summed E-state index contributed by atoms with van der Waals surface area (Å²) in [6.45, 7) is 5.59. The van der Waals surface area contributed by atoms with Gasteiger partial charge in [-0.3, -0.25) is 0 Å². The molecule has 0 amide bonds. The average Bonchev–Trinajstić information content (AvgIpc) is 2.10. The van der Waals surface area contributed by atoms with Gasteiger partial charge in [0.2, 0.25) is 0 Å². The molecule has 0 fully saturated rings. The Hall–Kier alpha value is -0.370. The van der Waals surface area contributed by atoms with E-state index in [2.05, 4.69) is 6.92 Å². The Labute approximate surface area is 87.7 Å². The van der Waals surface area contributed by atoms with Gasteiger partial charge in [0, 0.05) is 6.42 Å². The second-order valence-corrected chi connectivity index (χ2v) is 4.51. The first-order valence-electron chi connectivity index (χ1n) is 5.70. The van der Waals surface area contributed by atoms with Crippen molar-refractivity contribution in [2.45, 2.75) is 71.3 Å². The lowest BCUT2D eigenvalue weighted by Crippen LogP contribution is -2.24. The molecule has 0 spiro atoms. The molecule has 0 saturated carbocycles. The molecule has 0 aliphatic rings. The average molecular weight is 200 g/mol. The van der Waals surface area contributed by atoms with E-state index in [9.17, 15) is 9.90 Å². The van der Waals surface area contributed by atoms with Crippen molar-refractivity contribution >= 4 is 5.78 Å². The van der Waals surface area contributed by atoms with E-state index in [1.54, 1.807) is 6.92 Å². The molecule has 0 aromatic heterocycles. The third kappa shape index (κ3) is 8.24. The van der Waals surface area contributed by atoms with E-state index in [1.807, 2.05) is 6.92 Å². The number of unbranched alkanes of at least 4 members (excludes halogenated alkanes) is 3. The summed E-state index contributed by atoms with van der Waals surface area (Å²) in [5, 5.41) is 9.91. The smallest absolute Gasteiger partial charge is 0.129 e. The van der Waals surface area contributed by atoms with E-state index in [4.69, 9.17) is 0 Å². The normalized spacial score (nSPS) is 15.1. The molecule has 2 nitrogen and oxygen atoms in total. The number of carbonyl (C=O) groups is 1. The van der Waals surface area contributed by atoms with Gasteiger partial charge in [0.25, 0.3) is 0 Å². The highest BCUT2D eigenvalue weighted by Crippen LogP contribution is 2.20. The molecule has 14 heavy (non-hydrogen) atoms. The quantitative estimate of drug-likeness (QED) is 0.611. The monoisotopic (exact) mass is 200 g/mol. The minimum atomic E-state index is -0.639. The SMILES string of the molecule is CCCCCC[C@](C)(O)CCC(C)=O. The van der Waals surface area contributed by atoms with E-state index in [0.717, 1.165) is 12.8 Å². The molecule has 0 radical (unpaired) electrons. The zero-order valence-corrected chi connectivity index (χ0v) is 9.81. The first-order chi connectivity index (χ1) is 6.48. The Bertz CT molecular complexity index is 162. The minimum Gasteiger partial charge on any atom is -0.390 e. The minimum absolute atomic E-state index is 0.166. The molecule has 84 valence electrons. The van der Waals surface area contributed by atoms with Gasteiger partial charge in [-0.1, -0.05) is 32.6 Å². The van der Waals surface area contributed by atoms with Crippen LogP contribution in [0.15, 0.2) is 0 Å². The summed E-state index contributed by atoms with van der Waals surface area (Å²) in [6.07, 6.45) is 6.64. The molecular weight excluding hydrogens is 176 g/mol. The zero-order chi connectivity index (χ0) is 11.0. The standard InChI is InChI=1S/C12H24O2/c1-4-5-6-7-9-12(3,14)10-8-11(2)13/h14H,4-10H2,1-3H3/t12-/m0/s1. The Morgan fingerprint density at radius 3 is 2.36 bits per heavy atom. The molecule has 0 aliphatic carbocycles. The Morgan fingerprint density at radius 2 is 1.86 bits per heavy atom. The third-order valence-electron chi connectivity index (χ3n) is 2.58. The lowest BCUT2D eigenvalue weighted by atomic mass is 9.92. The van der Waals surface area contributed by atoms with Crippen molar-refractivity contribution in [3.63, 3.8) is 0 Å². The van der Waals surface area contributed by atoms with Gasteiger partial charge in [0.15, 0.2) is 0 Å². The fourth-order valence-electron chi connectivity index (χ4n) is 1.50. The first-order valence-corrected chi connectivity index (χ1v) is 5.70. The summed E-state index contributed by atoms with van der Waals surface area (Å²) in [5.41, 5.74) is -0.639. The summed E-state index contributed by atoms with van der Waals surface area (Å²) in [4.78, 5) is 10.8. The van der Waals surface area contributed by atoms with E-state index in [-0.39, 0.29) is 5.78 Å². The first kappa shape index (κ1) is 13.6. The number of hydrogen-bond donors (Lipinski definition) is 1. The summed E-state index contributed by atoms with van der Waals surface area (Å²) < 4.78 is 0. The topological polar surface area (TPSA) is 37.3 Å². The molecule has 0 bridgehead atoms. The van der Waals surface area contributed by atoms with E-state index in [1.165, 1.54) is 19.3 Å². The van der Waals surface area contributed by atoms with Crippen molar-refractivity contribution in [2.24, 2.45) is 0 Å². The molecule has 0 aromatic rings. The predicted molar refractivity (Wildman–Crippen MR) is 59.3 cm³/mol. The van der Waals surface area contributed by atoms with Gasteiger partial charge in [0.1, 0.15) is 5.78 Å². The predicted octanol–water partition coefficient (Wildman–Crippen LogP) is 3.08. The fraction of sp³-hybridized carbons (Fsp3) is 0.917. The molecule has 1 N–H and O–H groups in total. The maximum Gasteiger partial charge on any atom is 0.129 e. The third-order valence-corrected chi connectivity index (χ3v) is 2.58. The van der Waals surface area contributed by atoms with Crippen LogP contribution in [-0.2, 0) is 4.79 Å². The van der Waals surface area contributed by atoms with E-state index in [0.29, 0.717) is 12.8 Å². The maximum atomic E-state index is 10.8. The van der Waals surface area contributed by atoms with Crippen LogP contribution in [0.3, 0.4) is 0 Å². The number of ketones is 1. The molecule has 0 aliphatic heterocycles. The maximum absolute atomic E-state index is 10.8. The second kappa shape index (κ2) is 6.99. The molecule has 1 atom stereocenters. The van der Waals surface area contributed by atoms with Gasteiger partial charge in [-0.05, 0) is 26.7 Å². The van der Waals surface area contributed by atoms with Crippen molar-refractivity contribution in [3.8, 4) is 0 Å². The van der Waals surface area contributed by atoms with Gasteiger partial charge in [0.05, 0.1) is 5.60 Å². The van der Waals surface area contributed by atoms with Crippen molar-refractivity contribution in [1.82, 2.24) is 0 Å². The van der Waals surface area contributed by atoms with Crippen LogP contribution in [0.4, 0.5) is 0 Å². The summed E-state index contributed by atoms with van der Waals surface area (Å²) >= 11 is 0. The van der Waals surface area contributed by atoms with E-state index >= 15 is 0 Å². The highest BCUT2D eigenvalue weighted by atomic mass is 16.3. The van der Waals surface area contributed by atoms with Crippen LogP contribution in [0.5, 0.6) is 0 Å². The molecule has 0 rings (SSSR count). The van der Waals surface area contributed by atoms with Gasteiger partial charge in [-0.15, -0.1) is 0 Å². The summed E-state index contributed by atoms with van der Waals surface area (Å²) in [7, 11) is 0. The molecule has 0 saturated heterocycles. The number of Topliss-reactive ketones (excluding diaryl/α,β-unsaturated/α-hetero) is 1. The Morgan fingerprint density at radius 1 is 1.21 bits per heavy atom. The molecule has 0 unspecified atom stereocenters.